The van der Waals surface area contributed by atoms with Crippen molar-refractivity contribution in [2.24, 2.45) is 0 Å². The van der Waals surface area contributed by atoms with Crippen molar-refractivity contribution in [2.75, 3.05) is 0 Å². The Morgan fingerprint density at radius 1 is 1.43 bits per heavy atom. The topological polar surface area (TPSA) is 0 Å². The summed E-state index contributed by atoms with van der Waals surface area (Å²) < 4.78 is 0. The van der Waals surface area contributed by atoms with Crippen molar-refractivity contribution in [3.05, 3.63) is 22.9 Å². The van der Waals surface area contributed by atoms with Gasteiger partial charge < -0.3 is 17.0 Å². The van der Waals surface area contributed by atoms with E-state index in [-0.39, 0.29) is 34.1 Å². The molecule has 0 aromatic carbocycles. The molecule has 0 amide bonds. The van der Waals surface area contributed by atoms with Crippen LogP contribution in [-0.4, -0.2) is 0 Å². The van der Waals surface area contributed by atoms with Gasteiger partial charge in [0.05, 0.1) is 0 Å². The first-order valence-electron chi connectivity index (χ1n) is 1.40. The standard InChI is InChI=1S/C4H3S.BrH.Mn/c1-2-4-5-3-1;;/h1-3H;1H;/p-1. The van der Waals surface area contributed by atoms with E-state index in [2.05, 4.69) is 5.38 Å². The average Bonchev–Trinajstić information content (AvgIpc) is 1.76. The smallest absolute Gasteiger partial charge is 0.0442 e. The summed E-state index contributed by atoms with van der Waals surface area (Å²) in [6.07, 6.45) is 0. The molecule has 0 nitrogen and oxygen atoms in total. The van der Waals surface area contributed by atoms with Gasteiger partial charge in [-0.1, -0.05) is 6.07 Å². The van der Waals surface area contributed by atoms with E-state index in [0.29, 0.717) is 0 Å². The summed E-state index contributed by atoms with van der Waals surface area (Å²) in [6, 6.07) is 3.86. The van der Waals surface area contributed by atoms with Gasteiger partial charge in [-0.25, -0.2) is 0 Å². The van der Waals surface area contributed by atoms with Crippen LogP contribution in [0, 0.1) is 5.38 Å². The van der Waals surface area contributed by atoms with Crippen molar-refractivity contribution in [1.82, 2.24) is 0 Å². The molecule has 0 aliphatic rings. The van der Waals surface area contributed by atoms with E-state index in [1.807, 2.05) is 17.5 Å². The van der Waals surface area contributed by atoms with Gasteiger partial charge in [-0.15, -0.1) is 11.3 Å². The van der Waals surface area contributed by atoms with Crippen LogP contribution in [-0.2, 0) is 17.1 Å². The van der Waals surface area contributed by atoms with E-state index in [1.165, 1.54) is 0 Å². The van der Waals surface area contributed by atoms with Gasteiger partial charge in [-0.3, -0.25) is 0 Å². The second kappa shape index (κ2) is 6.70. The van der Waals surface area contributed by atoms with Gasteiger partial charge in [-0.2, -0.15) is 0 Å². The van der Waals surface area contributed by atoms with Gasteiger partial charge in [0, 0.05) is 22.4 Å². The predicted molar refractivity (Wildman–Crippen MR) is 23.2 cm³/mol. The van der Waals surface area contributed by atoms with Gasteiger partial charge in [0.15, 0.2) is 0 Å². The van der Waals surface area contributed by atoms with Crippen LogP contribution in [0.25, 0.3) is 0 Å². The zero-order valence-corrected chi connectivity index (χ0v) is 6.98. The van der Waals surface area contributed by atoms with Gasteiger partial charge in [0.1, 0.15) is 0 Å². The first kappa shape index (κ1) is 10.6. The van der Waals surface area contributed by atoms with Gasteiger partial charge in [-0.05, 0) is 11.4 Å². The fourth-order valence-electron chi connectivity index (χ4n) is 0.196. The molecule has 7 heavy (non-hydrogen) atoms. The Bertz CT molecular complexity index is 68.2. The molecule has 0 bridgehead atoms. The molecule has 1 aromatic rings. The third-order valence-electron chi connectivity index (χ3n) is 0.379. The SMILES string of the molecule is [Br-].[Mn].[c]1cccs1. The first-order valence-corrected chi connectivity index (χ1v) is 2.27. The van der Waals surface area contributed by atoms with E-state index < -0.39 is 0 Å². The van der Waals surface area contributed by atoms with Crippen molar-refractivity contribution in [3.63, 3.8) is 0 Å². The third kappa shape index (κ3) is 4.55. The molecule has 0 aliphatic carbocycles. The molecule has 0 saturated carbocycles. The molecule has 0 aliphatic heterocycles. The molecule has 3 heteroatoms. The molecule has 0 saturated heterocycles. The first-order chi connectivity index (χ1) is 2.50. The molecule has 1 heterocycles. The molecule has 0 N–H and O–H groups in total. The molecule has 0 atom stereocenters. The van der Waals surface area contributed by atoms with Crippen LogP contribution in [0.15, 0.2) is 17.5 Å². The Morgan fingerprint density at radius 2 is 2.14 bits per heavy atom. The fourth-order valence-corrected chi connectivity index (χ4v) is 0.589. The predicted octanol–water partition coefficient (Wildman–Crippen LogP) is -1.45. The van der Waals surface area contributed by atoms with Crippen LogP contribution in [0.5, 0.6) is 0 Å². The quantitative estimate of drug-likeness (QED) is 0.467. The fraction of sp³-hybridized carbons (Fsp3) is 0. The van der Waals surface area contributed by atoms with E-state index in [9.17, 15) is 0 Å². The Hall–Kier alpha value is 0.699. The molecule has 40 valence electrons. The molecule has 0 fully saturated rings. The minimum atomic E-state index is 0. The summed E-state index contributed by atoms with van der Waals surface area (Å²) in [5.41, 5.74) is 0. The van der Waals surface area contributed by atoms with Crippen molar-refractivity contribution in [2.45, 2.75) is 0 Å². The van der Waals surface area contributed by atoms with Crippen molar-refractivity contribution >= 4 is 11.3 Å². The van der Waals surface area contributed by atoms with Gasteiger partial charge in [0.2, 0.25) is 0 Å². The zero-order chi connectivity index (χ0) is 3.54. The third-order valence-corrected chi connectivity index (χ3v) is 0.944. The van der Waals surface area contributed by atoms with Crippen LogP contribution < -0.4 is 17.0 Å². The summed E-state index contributed by atoms with van der Waals surface area (Å²) in [5, 5.41) is 4.89. The maximum Gasteiger partial charge on any atom is 0.0442 e. The number of thiophene rings is 1. The van der Waals surface area contributed by atoms with E-state index in [1.54, 1.807) is 11.3 Å². The molecule has 1 aromatic heterocycles. The Morgan fingerprint density at radius 3 is 2.29 bits per heavy atom. The summed E-state index contributed by atoms with van der Waals surface area (Å²) in [4.78, 5) is 0. The Labute approximate surface area is 68.2 Å². The normalized spacial score (nSPS) is 5.71. The van der Waals surface area contributed by atoms with Crippen molar-refractivity contribution in [3.8, 4) is 0 Å². The monoisotopic (exact) mass is 217 g/mol. The molecule has 1 rings (SSSR count). The summed E-state index contributed by atoms with van der Waals surface area (Å²) in [5.74, 6) is 0. The van der Waals surface area contributed by atoms with Crippen LogP contribution in [0.4, 0.5) is 0 Å². The molecule has 2 radical (unpaired) electrons. The number of hydrogen-bond acceptors (Lipinski definition) is 1. The van der Waals surface area contributed by atoms with Gasteiger partial charge in [0.25, 0.3) is 0 Å². The number of hydrogen-bond donors (Lipinski definition) is 0. The second-order valence-electron chi connectivity index (χ2n) is 0.731. The zero-order valence-electron chi connectivity index (χ0n) is 3.40. The van der Waals surface area contributed by atoms with Crippen LogP contribution in [0.3, 0.4) is 0 Å². The van der Waals surface area contributed by atoms with Crippen LogP contribution in [0.2, 0.25) is 0 Å². The van der Waals surface area contributed by atoms with Crippen molar-refractivity contribution in [1.29, 1.82) is 0 Å². The van der Waals surface area contributed by atoms with Crippen LogP contribution >= 0.6 is 11.3 Å². The van der Waals surface area contributed by atoms with Crippen LogP contribution in [0.1, 0.15) is 0 Å². The molecule has 0 unspecified atom stereocenters. The molecule has 0 spiro atoms. The van der Waals surface area contributed by atoms with E-state index in [4.69, 9.17) is 0 Å². The average molecular weight is 218 g/mol. The van der Waals surface area contributed by atoms with Crippen molar-refractivity contribution < 1.29 is 34.1 Å². The second-order valence-corrected chi connectivity index (χ2v) is 1.47. The van der Waals surface area contributed by atoms with E-state index >= 15 is 0 Å². The number of rotatable bonds is 0. The minimum absolute atomic E-state index is 0. The summed E-state index contributed by atoms with van der Waals surface area (Å²) in [6.45, 7) is 0. The summed E-state index contributed by atoms with van der Waals surface area (Å²) in [7, 11) is 0. The minimum Gasteiger partial charge on any atom is -1.00 e. The number of halogens is 1. The molecular weight excluding hydrogens is 215 g/mol. The Kier molecular flexibility index (Phi) is 10.2. The summed E-state index contributed by atoms with van der Waals surface area (Å²) >= 11 is 1.59. The Balaban J connectivity index is 0. The maximum atomic E-state index is 2.90. The largest absolute Gasteiger partial charge is 1.00 e. The van der Waals surface area contributed by atoms with Gasteiger partial charge >= 0.3 is 0 Å². The van der Waals surface area contributed by atoms with E-state index in [0.717, 1.165) is 0 Å². The maximum absolute atomic E-state index is 2.90. The molecular formula is C4H3BrMnS-.